The summed E-state index contributed by atoms with van der Waals surface area (Å²) in [5.74, 6) is -0.328. The van der Waals surface area contributed by atoms with Gasteiger partial charge < -0.3 is 11.1 Å². The molecule has 0 radical (unpaired) electrons. The van der Waals surface area contributed by atoms with E-state index >= 15 is 0 Å². The van der Waals surface area contributed by atoms with E-state index in [2.05, 4.69) is 10.0 Å². The first-order valence-electron chi connectivity index (χ1n) is 5.29. The molecule has 0 aromatic heterocycles. The number of nitrogens with two attached hydrogens (primary N) is 2. The first-order valence-corrected chi connectivity index (χ1v) is 6.83. The van der Waals surface area contributed by atoms with Crippen LogP contribution in [0.3, 0.4) is 0 Å². The Hall–Kier alpha value is -1.64. The Bertz CT molecular complexity index is 530. The number of rotatable bonds is 5. The van der Waals surface area contributed by atoms with Gasteiger partial charge in [0.15, 0.2) is 0 Å². The van der Waals surface area contributed by atoms with E-state index in [0.29, 0.717) is 12.1 Å². The molecule has 1 aromatic rings. The SMILES string of the molecule is CCC(N)C(=O)Nc1cccc(NS(N)(=O)=O)c1. The highest BCUT2D eigenvalue weighted by atomic mass is 32.2. The van der Waals surface area contributed by atoms with Gasteiger partial charge in [-0.25, -0.2) is 5.14 Å². The first-order chi connectivity index (χ1) is 8.31. The van der Waals surface area contributed by atoms with E-state index in [1.165, 1.54) is 12.1 Å². The maximum atomic E-state index is 11.5. The van der Waals surface area contributed by atoms with Crippen molar-refractivity contribution < 1.29 is 13.2 Å². The van der Waals surface area contributed by atoms with Crippen LogP contribution in [0.25, 0.3) is 0 Å². The predicted molar refractivity (Wildman–Crippen MR) is 70.1 cm³/mol. The minimum atomic E-state index is -3.83. The van der Waals surface area contributed by atoms with Gasteiger partial charge in [0.25, 0.3) is 10.2 Å². The molecule has 6 N–H and O–H groups in total. The van der Waals surface area contributed by atoms with Crippen molar-refractivity contribution in [2.45, 2.75) is 19.4 Å². The lowest BCUT2D eigenvalue weighted by Crippen LogP contribution is -2.34. The zero-order valence-electron chi connectivity index (χ0n) is 9.88. The molecule has 0 aliphatic carbocycles. The van der Waals surface area contributed by atoms with Crippen molar-refractivity contribution >= 4 is 27.5 Å². The number of carbonyl (C=O) groups is 1. The Balaban J connectivity index is 2.80. The summed E-state index contributed by atoms with van der Waals surface area (Å²) in [5, 5.41) is 7.42. The van der Waals surface area contributed by atoms with Gasteiger partial charge in [0.2, 0.25) is 5.91 Å². The second-order valence-electron chi connectivity index (χ2n) is 3.73. The molecule has 0 saturated heterocycles. The molecule has 8 heteroatoms. The third-order valence-corrected chi connectivity index (χ3v) is 2.69. The van der Waals surface area contributed by atoms with Crippen LogP contribution in [0.2, 0.25) is 0 Å². The fourth-order valence-electron chi connectivity index (χ4n) is 1.25. The van der Waals surface area contributed by atoms with Crippen molar-refractivity contribution in [3.05, 3.63) is 24.3 Å². The Morgan fingerprint density at radius 2 is 2.00 bits per heavy atom. The van der Waals surface area contributed by atoms with Gasteiger partial charge >= 0.3 is 0 Å². The standard InChI is InChI=1S/C10H16N4O3S/c1-2-9(11)10(15)13-7-4-3-5-8(6-7)14-18(12,16)17/h3-6,9,14H,2,11H2,1H3,(H,13,15)(H2,12,16,17). The number of hydrogen-bond donors (Lipinski definition) is 4. The smallest absolute Gasteiger partial charge is 0.296 e. The minimum Gasteiger partial charge on any atom is -0.325 e. The van der Waals surface area contributed by atoms with Crippen molar-refractivity contribution in [3.63, 3.8) is 0 Å². The van der Waals surface area contributed by atoms with E-state index in [4.69, 9.17) is 10.9 Å². The molecule has 0 aliphatic rings. The fourth-order valence-corrected chi connectivity index (χ4v) is 1.70. The topological polar surface area (TPSA) is 127 Å². The van der Waals surface area contributed by atoms with Crippen LogP contribution in [-0.2, 0) is 15.0 Å². The summed E-state index contributed by atoms with van der Waals surface area (Å²) in [5.41, 5.74) is 6.27. The summed E-state index contributed by atoms with van der Waals surface area (Å²) in [4.78, 5) is 11.5. The van der Waals surface area contributed by atoms with E-state index < -0.39 is 16.3 Å². The number of nitrogens with one attached hydrogen (secondary N) is 2. The molecular weight excluding hydrogens is 256 g/mol. The molecule has 0 saturated carbocycles. The van der Waals surface area contributed by atoms with Crippen molar-refractivity contribution in [1.29, 1.82) is 0 Å². The lowest BCUT2D eigenvalue weighted by molar-refractivity contribution is -0.117. The molecule has 7 nitrogen and oxygen atoms in total. The zero-order valence-corrected chi connectivity index (χ0v) is 10.7. The fraction of sp³-hybridized carbons (Fsp3) is 0.300. The molecule has 1 aromatic carbocycles. The average molecular weight is 272 g/mol. The quantitative estimate of drug-likeness (QED) is 0.600. The number of hydrogen-bond acceptors (Lipinski definition) is 4. The minimum absolute atomic E-state index is 0.264. The van der Waals surface area contributed by atoms with Crippen LogP contribution in [-0.4, -0.2) is 20.4 Å². The zero-order chi connectivity index (χ0) is 13.8. The highest BCUT2D eigenvalue weighted by Gasteiger charge is 2.11. The van der Waals surface area contributed by atoms with Crippen molar-refractivity contribution in [2.75, 3.05) is 10.0 Å². The molecule has 18 heavy (non-hydrogen) atoms. The first kappa shape index (κ1) is 14.4. The summed E-state index contributed by atoms with van der Waals surface area (Å²) in [7, 11) is -3.83. The summed E-state index contributed by atoms with van der Waals surface area (Å²) in [6.45, 7) is 1.79. The molecule has 100 valence electrons. The lowest BCUT2D eigenvalue weighted by atomic mass is 10.2. The predicted octanol–water partition coefficient (Wildman–Crippen LogP) is -0.0222. The lowest BCUT2D eigenvalue weighted by Gasteiger charge is -2.11. The highest BCUT2D eigenvalue weighted by molar-refractivity contribution is 7.90. The molecule has 1 amide bonds. The summed E-state index contributed by atoms with van der Waals surface area (Å²) < 4.78 is 23.8. The van der Waals surface area contributed by atoms with E-state index in [0.717, 1.165) is 0 Å². The molecule has 1 atom stereocenters. The highest BCUT2D eigenvalue weighted by Crippen LogP contribution is 2.15. The van der Waals surface area contributed by atoms with Crippen LogP contribution in [0.1, 0.15) is 13.3 Å². The van der Waals surface area contributed by atoms with E-state index in [1.54, 1.807) is 19.1 Å². The Morgan fingerprint density at radius 1 is 1.39 bits per heavy atom. The van der Waals surface area contributed by atoms with Gasteiger partial charge in [0.05, 0.1) is 11.7 Å². The van der Waals surface area contributed by atoms with Crippen LogP contribution in [0.5, 0.6) is 0 Å². The Labute approximate surface area is 106 Å². The van der Waals surface area contributed by atoms with Crippen molar-refractivity contribution in [1.82, 2.24) is 0 Å². The van der Waals surface area contributed by atoms with Gasteiger partial charge in [0, 0.05) is 5.69 Å². The molecular formula is C10H16N4O3S. The Kier molecular flexibility index (Phi) is 4.65. The van der Waals surface area contributed by atoms with Crippen LogP contribution in [0.15, 0.2) is 24.3 Å². The number of benzene rings is 1. The van der Waals surface area contributed by atoms with Crippen molar-refractivity contribution in [2.24, 2.45) is 10.9 Å². The van der Waals surface area contributed by atoms with Gasteiger partial charge in [-0.2, -0.15) is 8.42 Å². The van der Waals surface area contributed by atoms with Gasteiger partial charge in [0.1, 0.15) is 0 Å². The third kappa shape index (κ3) is 4.70. The van der Waals surface area contributed by atoms with Crippen LogP contribution in [0, 0.1) is 0 Å². The van der Waals surface area contributed by atoms with Crippen LogP contribution >= 0.6 is 0 Å². The molecule has 1 rings (SSSR count). The van der Waals surface area contributed by atoms with Gasteiger partial charge in [-0.05, 0) is 24.6 Å². The van der Waals surface area contributed by atoms with Crippen molar-refractivity contribution in [3.8, 4) is 0 Å². The molecule has 0 bridgehead atoms. The maximum Gasteiger partial charge on any atom is 0.296 e. The van der Waals surface area contributed by atoms with Gasteiger partial charge in [-0.1, -0.05) is 13.0 Å². The molecule has 0 spiro atoms. The largest absolute Gasteiger partial charge is 0.325 e. The summed E-state index contributed by atoms with van der Waals surface area (Å²) in [6.07, 6.45) is 0.515. The number of anilines is 2. The molecule has 1 unspecified atom stereocenters. The maximum absolute atomic E-state index is 11.5. The molecule has 0 aliphatic heterocycles. The Morgan fingerprint density at radius 3 is 2.56 bits per heavy atom. The summed E-state index contributed by atoms with van der Waals surface area (Å²) >= 11 is 0. The van der Waals surface area contributed by atoms with Crippen LogP contribution in [0.4, 0.5) is 11.4 Å². The van der Waals surface area contributed by atoms with E-state index in [9.17, 15) is 13.2 Å². The molecule has 0 fully saturated rings. The van der Waals surface area contributed by atoms with E-state index in [-0.39, 0.29) is 11.6 Å². The summed E-state index contributed by atoms with van der Waals surface area (Å²) in [6, 6.07) is 5.57. The average Bonchev–Trinajstić information content (AvgIpc) is 2.26. The second-order valence-corrected chi connectivity index (χ2v) is 5.03. The second kappa shape index (κ2) is 5.80. The van der Waals surface area contributed by atoms with Crippen LogP contribution < -0.4 is 20.9 Å². The van der Waals surface area contributed by atoms with Gasteiger partial charge in [-0.3, -0.25) is 9.52 Å². The third-order valence-electron chi connectivity index (χ3n) is 2.17. The van der Waals surface area contributed by atoms with E-state index in [1.807, 2.05) is 0 Å². The van der Waals surface area contributed by atoms with Gasteiger partial charge in [-0.15, -0.1) is 0 Å². The number of carbonyl (C=O) groups excluding carboxylic acids is 1. The monoisotopic (exact) mass is 272 g/mol. The normalized spacial score (nSPS) is 12.8. The molecule has 0 heterocycles. The number of amides is 1.